The molecule has 2 fully saturated rings. The number of methoxy groups -OCH3 is 2. The van der Waals surface area contributed by atoms with Gasteiger partial charge in [-0.2, -0.15) is 0 Å². The van der Waals surface area contributed by atoms with E-state index in [-0.39, 0.29) is 11.9 Å². The zero-order chi connectivity index (χ0) is 22.7. The summed E-state index contributed by atoms with van der Waals surface area (Å²) in [5.74, 6) is 3.12. The van der Waals surface area contributed by atoms with Crippen LogP contribution < -0.4 is 9.47 Å². The van der Waals surface area contributed by atoms with Gasteiger partial charge in [0, 0.05) is 32.3 Å². The average molecular weight is 446 g/mol. The lowest BCUT2D eigenvalue weighted by molar-refractivity contribution is -0.154. The molecule has 178 valence electrons. The predicted molar refractivity (Wildman–Crippen MR) is 123 cm³/mol. The largest absolute Gasteiger partial charge is 0.493 e. The molecule has 0 spiro atoms. The van der Waals surface area contributed by atoms with E-state index in [9.17, 15) is 4.79 Å². The normalized spacial score (nSPS) is 26.3. The molecule has 6 heteroatoms. The molecule has 0 amide bonds. The number of rotatable bonds is 7. The molecule has 0 aromatic heterocycles. The standard InChI is InChI=1S/C26H39NO5/c1-17(2)11-20-15-27-8-5-19-13-24(29-3)25(30-4)14-22(19)23(27)12-21(20)16-32-26(28)18-6-9-31-10-7-18/h13-14,17-18,20-21,23H,5-12,15-16H2,1-4H3/t20-,21+,23-/m1/s1. The Hall–Kier alpha value is -1.79. The third-order valence-corrected chi connectivity index (χ3v) is 7.54. The molecule has 3 heterocycles. The van der Waals surface area contributed by atoms with Crippen molar-refractivity contribution in [2.75, 3.05) is 47.1 Å². The van der Waals surface area contributed by atoms with Gasteiger partial charge in [-0.25, -0.2) is 0 Å². The Labute approximate surface area is 192 Å². The zero-order valence-corrected chi connectivity index (χ0v) is 20.1. The quantitative estimate of drug-likeness (QED) is 0.585. The van der Waals surface area contributed by atoms with Gasteiger partial charge in [0.2, 0.25) is 0 Å². The lowest BCUT2D eigenvalue weighted by Crippen LogP contribution is -2.47. The van der Waals surface area contributed by atoms with Gasteiger partial charge in [-0.15, -0.1) is 0 Å². The summed E-state index contributed by atoms with van der Waals surface area (Å²) in [5.41, 5.74) is 2.70. The molecular formula is C26H39NO5. The van der Waals surface area contributed by atoms with Crippen LogP contribution in [0.25, 0.3) is 0 Å². The highest BCUT2D eigenvalue weighted by Gasteiger charge is 2.40. The molecule has 0 bridgehead atoms. The second-order valence-electron chi connectivity index (χ2n) is 10.1. The van der Waals surface area contributed by atoms with E-state index in [2.05, 4.69) is 30.9 Å². The van der Waals surface area contributed by atoms with Crippen molar-refractivity contribution < 1.29 is 23.7 Å². The van der Waals surface area contributed by atoms with Crippen molar-refractivity contribution in [3.05, 3.63) is 23.3 Å². The number of ether oxygens (including phenoxy) is 4. The fourth-order valence-corrected chi connectivity index (χ4v) is 5.82. The summed E-state index contributed by atoms with van der Waals surface area (Å²) in [5, 5.41) is 0. The molecule has 1 aromatic carbocycles. The molecule has 2 saturated heterocycles. The molecule has 3 atom stereocenters. The summed E-state index contributed by atoms with van der Waals surface area (Å²) in [6.45, 7) is 8.57. The Balaban J connectivity index is 1.51. The average Bonchev–Trinajstić information content (AvgIpc) is 2.81. The van der Waals surface area contributed by atoms with Gasteiger partial charge in [-0.3, -0.25) is 9.69 Å². The highest BCUT2D eigenvalue weighted by atomic mass is 16.5. The minimum atomic E-state index is -0.0329. The fourth-order valence-electron chi connectivity index (χ4n) is 5.82. The Bertz CT molecular complexity index is 789. The molecular weight excluding hydrogens is 406 g/mol. The van der Waals surface area contributed by atoms with Crippen molar-refractivity contribution >= 4 is 5.97 Å². The summed E-state index contributed by atoms with van der Waals surface area (Å²) in [4.78, 5) is 15.3. The summed E-state index contributed by atoms with van der Waals surface area (Å²) in [6, 6.07) is 4.65. The second kappa shape index (κ2) is 10.4. The number of benzene rings is 1. The van der Waals surface area contributed by atoms with Crippen LogP contribution in [0.15, 0.2) is 12.1 Å². The van der Waals surface area contributed by atoms with Crippen LogP contribution in [-0.4, -0.2) is 58.0 Å². The van der Waals surface area contributed by atoms with E-state index in [1.165, 1.54) is 17.5 Å². The molecule has 0 aliphatic carbocycles. The molecule has 3 aliphatic heterocycles. The first-order chi connectivity index (χ1) is 15.5. The predicted octanol–water partition coefficient (Wildman–Crippen LogP) is 4.26. The van der Waals surface area contributed by atoms with Gasteiger partial charge in [-0.05, 0) is 73.1 Å². The van der Waals surface area contributed by atoms with Crippen molar-refractivity contribution in [1.82, 2.24) is 4.90 Å². The summed E-state index contributed by atoms with van der Waals surface area (Å²) in [7, 11) is 3.39. The Kier molecular flexibility index (Phi) is 7.62. The maximum atomic E-state index is 12.7. The summed E-state index contributed by atoms with van der Waals surface area (Å²) < 4.78 is 22.5. The van der Waals surface area contributed by atoms with Gasteiger partial charge >= 0.3 is 5.97 Å². The highest BCUT2D eigenvalue weighted by molar-refractivity contribution is 5.72. The van der Waals surface area contributed by atoms with E-state index in [4.69, 9.17) is 18.9 Å². The van der Waals surface area contributed by atoms with Crippen molar-refractivity contribution in [2.24, 2.45) is 23.7 Å². The van der Waals surface area contributed by atoms with E-state index in [1.54, 1.807) is 14.2 Å². The second-order valence-corrected chi connectivity index (χ2v) is 10.1. The van der Waals surface area contributed by atoms with E-state index in [1.807, 2.05) is 0 Å². The Morgan fingerprint density at radius 2 is 1.84 bits per heavy atom. The number of fused-ring (bicyclic) bond motifs is 3. The first-order valence-corrected chi connectivity index (χ1v) is 12.2. The third-order valence-electron chi connectivity index (χ3n) is 7.54. The van der Waals surface area contributed by atoms with Crippen LogP contribution in [0, 0.1) is 23.7 Å². The van der Waals surface area contributed by atoms with Gasteiger partial charge in [-0.1, -0.05) is 13.8 Å². The monoisotopic (exact) mass is 445 g/mol. The lowest BCUT2D eigenvalue weighted by atomic mass is 9.74. The van der Waals surface area contributed by atoms with Gasteiger partial charge in [0.15, 0.2) is 11.5 Å². The molecule has 6 nitrogen and oxygen atoms in total. The van der Waals surface area contributed by atoms with Crippen LogP contribution in [0.1, 0.15) is 56.7 Å². The van der Waals surface area contributed by atoms with Crippen LogP contribution in [0.4, 0.5) is 0 Å². The smallest absolute Gasteiger partial charge is 0.309 e. The molecule has 0 unspecified atom stereocenters. The van der Waals surface area contributed by atoms with Crippen molar-refractivity contribution in [2.45, 2.75) is 52.0 Å². The zero-order valence-electron chi connectivity index (χ0n) is 20.1. The lowest BCUT2D eigenvalue weighted by Gasteiger charge is -2.47. The number of piperidine rings is 1. The van der Waals surface area contributed by atoms with E-state index < -0.39 is 0 Å². The highest BCUT2D eigenvalue weighted by Crippen LogP contribution is 2.45. The molecule has 0 N–H and O–H groups in total. The minimum absolute atomic E-state index is 0.000444. The molecule has 1 aromatic rings. The van der Waals surface area contributed by atoms with Crippen LogP contribution >= 0.6 is 0 Å². The molecule has 32 heavy (non-hydrogen) atoms. The van der Waals surface area contributed by atoms with E-state index >= 15 is 0 Å². The van der Waals surface area contributed by atoms with Crippen molar-refractivity contribution in [1.29, 1.82) is 0 Å². The van der Waals surface area contributed by atoms with Gasteiger partial charge < -0.3 is 18.9 Å². The Morgan fingerprint density at radius 3 is 2.53 bits per heavy atom. The first-order valence-electron chi connectivity index (χ1n) is 12.2. The number of hydrogen-bond donors (Lipinski definition) is 0. The molecule has 0 saturated carbocycles. The maximum Gasteiger partial charge on any atom is 0.309 e. The molecule has 3 aliphatic rings. The van der Waals surface area contributed by atoms with Crippen LogP contribution in [-0.2, 0) is 20.7 Å². The van der Waals surface area contributed by atoms with E-state index in [0.29, 0.717) is 43.6 Å². The van der Waals surface area contributed by atoms with Gasteiger partial charge in [0.25, 0.3) is 0 Å². The van der Waals surface area contributed by atoms with Crippen LogP contribution in [0.5, 0.6) is 11.5 Å². The first kappa shape index (κ1) is 23.4. The van der Waals surface area contributed by atoms with Gasteiger partial charge in [0.1, 0.15) is 0 Å². The maximum absolute atomic E-state index is 12.7. The topological polar surface area (TPSA) is 57.2 Å². The van der Waals surface area contributed by atoms with Crippen molar-refractivity contribution in [3.8, 4) is 11.5 Å². The minimum Gasteiger partial charge on any atom is -0.493 e. The summed E-state index contributed by atoms with van der Waals surface area (Å²) >= 11 is 0. The summed E-state index contributed by atoms with van der Waals surface area (Å²) in [6.07, 6.45) is 4.78. The number of nitrogens with zero attached hydrogens (tertiary/aromatic N) is 1. The molecule has 4 rings (SSSR count). The third kappa shape index (κ3) is 5.07. The van der Waals surface area contributed by atoms with Crippen LogP contribution in [0.2, 0.25) is 0 Å². The SMILES string of the molecule is COc1cc2c(cc1OC)[C@H]1C[C@@H](COC(=O)C3CCOCC3)[C@H](CC(C)C)CN1CC2. The fraction of sp³-hybridized carbons (Fsp3) is 0.731. The van der Waals surface area contributed by atoms with Gasteiger partial charge in [0.05, 0.1) is 26.7 Å². The Morgan fingerprint density at radius 1 is 1.12 bits per heavy atom. The number of hydrogen-bond acceptors (Lipinski definition) is 6. The number of carbonyl (C=O) groups excluding carboxylic acids is 1. The molecule has 0 radical (unpaired) electrons. The van der Waals surface area contributed by atoms with Crippen LogP contribution in [0.3, 0.4) is 0 Å². The number of carbonyl (C=O) groups is 1. The number of esters is 1. The van der Waals surface area contributed by atoms with Crippen molar-refractivity contribution in [3.63, 3.8) is 0 Å². The van der Waals surface area contributed by atoms with E-state index in [0.717, 1.165) is 50.3 Å².